The van der Waals surface area contributed by atoms with Crippen LogP contribution < -0.4 is 10.1 Å². The van der Waals surface area contributed by atoms with Crippen LogP contribution in [-0.4, -0.2) is 46.0 Å². The Kier molecular flexibility index (Phi) is 6.73. The topological polar surface area (TPSA) is 105 Å². The van der Waals surface area contributed by atoms with Crippen molar-refractivity contribution in [1.82, 2.24) is 9.84 Å². The molecule has 0 radical (unpaired) electrons. The van der Waals surface area contributed by atoms with Crippen molar-refractivity contribution >= 4 is 50.5 Å². The van der Waals surface area contributed by atoms with Gasteiger partial charge in [0.15, 0.2) is 0 Å². The quantitative estimate of drug-likeness (QED) is 0.527. The van der Waals surface area contributed by atoms with Crippen molar-refractivity contribution in [3.63, 3.8) is 0 Å². The molecule has 8 nitrogen and oxygen atoms in total. The van der Waals surface area contributed by atoms with E-state index in [0.717, 1.165) is 16.3 Å². The zero-order valence-electron chi connectivity index (χ0n) is 13.9. The molecular formula is C15H16ClN3O5S2. The molecule has 1 aromatic heterocycles. The summed E-state index contributed by atoms with van der Waals surface area (Å²) < 4.78 is 29.1. The fraction of sp³-hybridized carbons (Fsp3) is 0.200. The van der Waals surface area contributed by atoms with E-state index in [2.05, 4.69) is 14.9 Å². The molecule has 0 unspecified atom stereocenters. The maximum atomic E-state index is 12.2. The van der Waals surface area contributed by atoms with Crippen LogP contribution >= 0.6 is 22.9 Å². The Balaban J connectivity index is 1.98. The van der Waals surface area contributed by atoms with Crippen molar-refractivity contribution in [3.8, 4) is 0 Å². The zero-order valence-corrected chi connectivity index (χ0v) is 16.2. The van der Waals surface area contributed by atoms with Crippen molar-refractivity contribution in [2.75, 3.05) is 26.0 Å². The molecule has 0 aliphatic heterocycles. The predicted octanol–water partition coefficient (Wildman–Crippen LogP) is 1.95. The van der Waals surface area contributed by atoms with Gasteiger partial charge in [-0.2, -0.15) is 0 Å². The van der Waals surface area contributed by atoms with E-state index in [4.69, 9.17) is 11.6 Å². The number of methoxy groups -OCH3 is 1. The Morgan fingerprint density at radius 1 is 1.23 bits per heavy atom. The lowest BCUT2D eigenvalue weighted by atomic mass is 10.3. The molecule has 2 N–H and O–H groups in total. The number of esters is 1. The van der Waals surface area contributed by atoms with Gasteiger partial charge in [-0.05, 0) is 35.7 Å². The smallest absolute Gasteiger partial charge is 0.350 e. The number of rotatable bonds is 7. The number of hydrogen-bond donors (Lipinski definition) is 2. The van der Waals surface area contributed by atoms with Crippen molar-refractivity contribution in [2.45, 2.75) is 4.90 Å². The summed E-state index contributed by atoms with van der Waals surface area (Å²) in [4.78, 5) is 26.2. The van der Waals surface area contributed by atoms with Gasteiger partial charge in [0.05, 0.1) is 24.2 Å². The maximum Gasteiger partial charge on any atom is 0.350 e. The van der Waals surface area contributed by atoms with Crippen LogP contribution in [0.1, 0.15) is 9.67 Å². The summed E-state index contributed by atoms with van der Waals surface area (Å²) in [5.41, 5.74) is 0.306. The molecule has 2 aromatic rings. The van der Waals surface area contributed by atoms with E-state index in [-0.39, 0.29) is 16.3 Å². The van der Waals surface area contributed by atoms with Crippen LogP contribution in [-0.2, 0) is 19.6 Å². The standard InChI is InChI=1S/C15H16ClN3O5S2/c1-19(18-26(22,23)11-5-3-10(16)4-6-11)9-13(20)17-12-7-8-25-14(12)15(21)24-2/h3-8,18H,9H2,1-2H3,(H,17,20). The fourth-order valence-corrected chi connectivity index (χ4v) is 3.93. The molecule has 2 rings (SSSR count). The van der Waals surface area contributed by atoms with Crippen molar-refractivity contribution in [1.29, 1.82) is 0 Å². The molecule has 0 saturated heterocycles. The van der Waals surface area contributed by atoms with Gasteiger partial charge in [0.25, 0.3) is 10.0 Å². The number of nitrogens with zero attached hydrogens (tertiary/aromatic N) is 1. The third kappa shape index (κ3) is 5.26. The molecule has 0 saturated carbocycles. The number of likely N-dealkylation sites (N-methyl/N-ethyl adjacent to an activating group) is 1. The summed E-state index contributed by atoms with van der Waals surface area (Å²) in [6.07, 6.45) is 0. The van der Waals surface area contributed by atoms with Crippen molar-refractivity contribution in [2.24, 2.45) is 0 Å². The molecule has 0 spiro atoms. The molecule has 1 heterocycles. The second kappa shape index (κ2) is 8.60. The van der Waals surface area contributed by atoms with Crippen LogP contribution in [0.5, 0.6) is 0 Å². The van der Waals surface area contributed by atoms with Gasteiger partial charge in [0.2, 0.25) is 5.91 Å². The van der Waals surface area contributed by atoms with Crippen molar-refractivity contribution < 1.29 is 22.7 Å². The van der Waals surface area contributed by atoms with Gasteiger partial charge < -0.3 is 10.1 Å². The Labute approximate surface area is 159 Å². The number of carbonyl (C=O) groups is 2. The molecule has 0 fully saturated rings. The van der Waals surface area contributed by atoms with E-state index in [9.17, 15) is 18.0 Å². The van der Waals surface area contributed by atoms with E-state index >= 15 is 0 Å². The number of hydrazine groups is 1. The Bertz CT molecular complexity index is 896. The highest BCUT2D eigenvalue weighted by Crippen LogP contribution is 2.23. The minimum Gasteiger partial charge on any atom is -0.465 e. The van der Waals surface area contributed by atoms with Gasteiger partial charge >= 0.3 is 5.97 Å². The number of carbonyl (C=O) groups excluding carboxylic acids is 2. The summed E-state index contributed by atoms with van der Waals surface area (Å²) in [6, 6.07) is 7.17. The molecule has 140 valence electrons. The molecule has 0 aliphatic rings. The monoisotopic (exact) mass is 417 g/mol. The van der Waals surface area contributed by atoms with Crippen LogP contribution in [0.2, 0.25) is 5.02 Å². The van der Waals surface area contributed by atoms with Gasteiger partial charge in [-0.3, -0.25) is 4.79 Å². The largest absolute Gasteiger partial charge is 0.465 e. The van der Waals surface area contributed by atoms with Crippen LogP contribution in [0.3, 0.4) is 0 Å². The van der Waals surface area contributed by atoms with Crippen molar-refractivity contribution in [3.05, 3.63) is 45.6 Å². The van der Waals surface area contributed by atoms with E-state index in [1.54, 1.807) is 11.4 Å². The summed E-state index contributed by atoms with van der Waals surface area (Å²) in [5, 5.41) is 5.71. The molecule has 0 aliphatic carbocycles. The molecule has 1 amide bonds. The average molecular weight is 418 g/mol. The third-order valence-electron chi connectivity index (χ3n) is 3.09. The Hall–Kier alpha value is -1.98. The van der Waals surface area contributed by atoms with Crippen LogP contribution in [0.25, 0.3) is 0 Å². The first-order chi connectivity index (χ1) is 12.2. The SMILES string of the molecule is COC(=O)c1sccc1NC(=O)CN(C)NS(=O)(=O)c1ccc(Cl)cc1. The molecule has 26 heavy (non-hydrogen) atoms. The lowest BCUT2D eigenvalue weighted by Crippen LogP contribution is -2.43. The minimum absolute atomic E-state index is 0.0139. The number of thiophene rings is 1. The van der Waals surface area contributed by atoms with E-state index in [0.29, 0.717) is 10.7 Å². The van der Waals surface area contributed by atoms with E-state index in [1.165, 1.54) is 38.4 Å². The molecule has 0 atom stereocenters. The van der Waals surface area contributed by atoms with Crippen LogP contribution in [0, 0.1) is 0 Å². The number of halogens is 1. The Morgan fingerprint density at radius 2 is 1.88 bits per heavy atom. The van der Waals surface area contributed by atoms with Gasteiger partial charge in [0, 0.05) is 12.1 Å². The second-order valence-electron chi connectivity index (χ2n) is 5.11. The lowest BCUT2D eigenvalue weighted by Gasteiger charge is -2.17. The summed E-state index contributed by atoms with van der Waals surface area (Å²) in [5.74, 6) is -1.07. The molecule has 0 bridgehead atoms. The van der Waals surface area contributed by atoms with Crippen LogP contribution in [0.4, 0.5) is 5.69 Å². The summed E-state index contributed by atoms with van der Waals surface area (Å²) >= 11 is 6.87. The highest BCUT2D eigenvalue weighted by molar-refractivity contribution is 7.89. The van der Waals surface area contributed by atoms with Gasteiger partial charge in [-0.25, -0.2) is 18.2 Å². The number of nitrogens with one attached hydrogen (secondary N) is 2. The third-order valence-corrected chi connectivity index (χ3v) is 5.68. The fourth-order valence-electron chi connectivity index (χ4n) is 1.97. The average Bonchev–Trinajstić information content (AvgIpc) is 3.01. The molecule has 11 heteroatoms. The van der Waals surface area contributed by atoms with Gasteiger partial charge in [-0.15, -0.1) is 16.2 Å². The maximum absolute atomic E-state index is 12.2. The second-order valence-corrected chi connectivity index (χ2v) is 8.12. The van der Waals surface area contributed by atoms with Crippen LogP contribution in [0.15, 0.2) is 40.6 Å². The first-order valence-corrected chi connectivity index (χ1v) is 9.92. The molecule has 1 aromatic carbocycles. The first kappa shape index (κ1) is 20.3. The minimum atomic E-state index is -3.84. The Morgan fingerprint density at radius 3 is 2.50 bits per heavy atom. The highest BCUT2D eigenvalue weighted by atomic mass is 35.5. The summed E-state index contributed by atoms with van der Waals surface area (Å²) in [7, 11) is -1.20. The predicted molar refractivity (Wildman–Crippen MR) is 98.7 cm³/mol. The normalized spacial score (nSPS) is 11.4. The number of benzene rings is 1. The number of sulfonamides is 1. The number of amides is 1. The van der Waals surface area contributed by atoms with Gasteiger partial charge in [0.1, 0.15) is 4.88 Å². The number of hydrogen-bond acceptors (Lipinski definition) is 7. The first-order valence-electron chi connectivity index (χ1n) is 7.17. The van der Waals surface area contributed by atoms with Gasteiger partial charge in [-0.1, -0.05) is 11.6 Å². The zero-order chi connectivity index (χ0) is 19.3. The highest BCUT2D eigenvalue weighted by Gasteiger charge is 2.19. The molecular weight excluding hydrogens is 402 g/mol. The van der Waals surface area contributed by atoms with E-state index in [1.807, 2.05) is 0 Å². The number of ether oxygens (including phenoxy) is 1. The van der Waals surface area contributed by atoms with E-state index < -0.39 is 21.9 Å². The lowest BCUT2D eigenvalue weighted by molar-refractivity contribution is -0.117. The summed E-state index contributed by atoms with van der Waals surface area (Å²) in [6.45, 7) is -0.275. The number of anilines is 1.